The van der Waals surface area contributed by atoms with Crippen molar-refractivity contribution in [3.8, 4) is 11.5 Å². The van der Waals surface area contributed by atoms with Gasteiger partial charge in [0, 0.05) is 19.0 Å². The van der Waals surface area contributed by atoms with E-state index in [1.807, 2.05) is 19.1 Å². The van der Waals surface area contributed by atoms with Crippen LogP contribution in [0.15, 0.2) is 12.1 Å². The zero-order valence-corrected chi connectivity index (χ0v) is 11.7. The van der Waals surface area contributed by atoms with Crippen LogP contribution < -0.4 is 14.8 Å². The molecule has 0 radical (unpaired) electrons. The average molecular weight is 267 g/mol. The number of amides is 1. The summed E-state index contributed by atoms with van der Waals surface area (Å²) in [7, 11) is 3.23. The number of benzene rings is 1. The topological polar surface area (TPSA) is 67.8 Å². The van der Waals surface area contributed by atoms with Gasteiger partial charge in [-0.15, -0.1) is 0 Å². The Morgan fingerprint density at radius 1 is 1.32 bits per heavy atom. The lowest BCUT2D eigenvalue weighted by Crippen LogP contribution is -2.26. The van der Waals surface area contributed by atoms with Gasteiger partial charge in [-0.25, -0.2) is 0 Å². The van der Waals surface area contributed by atoms with Crippen LogP contribution in [0, 0.1) is 6.92 Å². The third-order valence-corrected chi connectivity index (χ3v) is 2.90. The smallest absolute Gasteiger partial charge is 0.222 e. The first-order chi connectivity index (χ1) is 9.12. The van der Waals surface area contributed by atoms with Crippen LogP contribution in [0.5, 0.6) is 11.5 Å². The van der Waals surface area contributed by atoms with Gasteiger partial charge in [-0.05, 0) is 30.5 Å². The standard InChI is InChI=1S/C14H21NO4/c1-10-8-11(18-2)9-13(19-3)12(10)4-6-15-14(17)5-7-16/h8-9,16H,4-7H2,1-3H3,(H,15,17). The summed E-state index contributed by atoms with van der Waals surface area (Å²) in [6, 6.07) is 3.77. The van der Waals surface area contributed by atoms with E-state index >= 15 is 0 Å². The van der Waals surface area contributed by atoms with E-state index in [1.54, 1.807) is 14.2 Å². The van der Waals surface area contributed by atoms with Gasteiger partial charge in [0.05, 0.1) is 20.8 Å². The number of aryl methyl sites for hydroxylation is 1. The van der Waals surface area contributed by atoms with Gasteiger partial charge in [-0.2, -0.15) is 0 Å². The van der Waals surface area contributed by atoms with Gasteiger partial charge in [-0.1, -0.05) is 0 Å². The van der Waals surface area contributed by atoms with E-state index in [9.17, 15) is 4.79 Å². The largest absolute Gasteiger partial charge is 0.497 e. The maximum atomic E-state index is 11.3. The highest BCUT2D eigenvalue weighted by atomic mass is 16.5. The van der Waals surface area contributed by atoms with Gasteiger partial charge in [0.2, 0.25) is 5.91 Å². The van der Waals surface area contributed by atoms with Gasteiger partial charge >= 0.3 is 0 Å². The molecule has 0 unspecified atom stereocenters. The van der Waals surface area contributed by atoms with Gasteiger partial charge in [0.15, 0.2) is 0 Å². The first-order valence-corrected chi connectivity index (χ1v) is 6.21. The molecule has 1 amide bonds. The van der Waals surface area contributed by atoms with E-state index < -0.39 is 0 Å². The van der Waals surface area contributed by atoms with Crippen LogP contribution in [0.4, 0.5) is 0 Å². The average Bonchev–Trinajstić information content (AvgIpc) is 2.40. The fourth-order valence-corrected chi connectivity index (χ4v) is 1.89. The van der Waals surface area contributed by atoms with Crippen LogP contribution in [-0.2, 0) is 11.2 Å². The molecule has 0 spiro atoms. The van der Waals surface area contributed by atoms with Crippen molar-refractivity contribution in [2.24, 2.45) is 0 Å². The molecule has 0 aromatic heterocycles. The summed E-state index contributed by atoms with van der Waals surface area (Å²) in [6.07, 6.45) is 0.814. The van der Waals surface area contributed by atoms with Crippen molar-refractivity contribution in [3.05, 3.63) is 23.3 Å². The number of aliphatic hydroxyl groups excluding tert-OH is 1. The summed E-state index contributed by atoms with van der Waals surface area (Å²) in [5, 5.41) is 11.4. The lowest BCUT2D eigenvalue weighted by atomic mass is 10.0. The molecule has 1 rings (SSSR count). The molecular weight excluding hydrogens is 246 g/mol. The first-order valence-electron chi connectivity index (χ1n) is 6.21. The molecule has 0 saturated heterocycles. The maximum absolute atomic E-state index is 11.3. The highest BCUT2D eigenvalue weighted by Crippen LogP contribution is 2.28. The van der Waals surface area contributed by atoms with E-state index in [4.69, 9.17) is 14.6 Å². The number of hydrogen-bond donors (Lipinski definition) is 2. The van der Waals surface area contributed by atoms with Crippen molar-refractivity contribution >= 4 is 5.91 Å². The van der Waals surface area contributed by atoms with Crippen molar-refractivity contribution in [2.75, 3.05) is 27.4 Å². The summed E-state index contributed by atoms with van der Waals surface area (Å²) >= 11 is 0. The molecule has 19 heavy (non-hydrogen) atoms. The number of hydrogen-bond acceptors (Lipinski definition) is 4. The number of carbonyl (C=O) groups excluding carboxylic acids is 1. The van der Waals surface area contributed by atoms with Gasteiger partial charge in [0.1, 0.15) is 11.5 Å². The Morgan fingerprint density at radius 2 is 2.05 bits per heavy atom. The molecule has 1 aromatic rings. The molecule has 106 valence electrons. The second kappa shape index (κ2) is 7.63. The third-order valence-electron chi connectivity index (χ3n) is 2.90. The zero-order valence-electron chi connectivity index (χ0n) is 11.7. The lowest BCUT2D eigenvalue weighted by molar-refractivity contribution is -0.121. The number of methoxy groups -OCH3 is 2. The molecule has 1 aromatic carbocycles. The van der Waals surface area contributed by atoms with Gasteiger partial charge in [-0.3, -0.25) is 4.79 Å². The Labute approximate surface area is 113 Å². The summed E-state index contributed by atoms with van der Waals surface area (Å²) in [5.74, 6) is 1.36. The number of aliphatic hydroxyl groups is 1. The SMILES string of the molecule is COc1cc(C)c(CCNC(=O)CCO)c(OC)c1. The molecule has 0 fully saturated rings. The molecule has 0 aliphatic carbocycles. The predicted molar refractivity (Wildman–Crippen MR) is 72.7 cm³/mol. The highest BCUT2D eigenvalue weighted by Gasteiger charge is 2.10. The second-order valence-electron chi connectivity index (χ2n) is 4.20. The number of ether oxygens (including phenoxy) is 2. The fourth-order valence-electron chi connectivity index (χ4n) is 1.89. The van der Waals surface area contributed by atoms with E-state index in [1.165, 1.54) is 0 Å². The minimum Gasteiger partial charge on any atom is -0.497 e. The maximum Gasteiger partial charge on any atom is 0.222 e. The molecule has 0 aliphatic heterocycles. The van der Waals surface area contributed by atoms with Gasteiger partial charge in [0.25, 0.3) is 0 Å². The van der Waals surface area contributed by atoms with Crippen LogP contribution in [0.2, 0.25) is 0 Å². The third kappa shape index (κ3) is 4.44. The quantitative estimate of drug-likeness (QED) is 0.775. The van der Waals surface area contributed by atoms with Crippen molar-refractivity contribution in [1.82, 2.24) is 5.32 Å². The normalized spacial score (nSPS) is 10.1. The Balaban J connectivity index is 2.69. The lowest BCUT2D eigenvalue weighted by Gasteiger charge is -2.14. The number of nitrogens with one attached hydrogen (secondary N) is 1. The Morgan fingerprint density at radius 3 is 2.63 bits per heavy atom. The minimum atomic E-state index is -0.146. The minimum absolute atomic E-state index is 0.128. The Hall–Kier alpha value is -1.75. The van der Waals surface area contributed by atoms with Crippen molar-refractivity contribution < 1.29 is 19.4 Å². The predicted octanol–water partition coefficient (Wildman–Crippen LogP) is 1.05. The zero-order chi connectivity index (χ0) is 14.3. The van der Waals surface area contributed by atoms with E-state index in [2.05, 4.69) is 5.32 Å². The summed E-state index contributed by atoms with van der Waals surface area (Å²) in [4.78, 5) is 11.3. The number of carbonyl (C=O) groups is 1. The second-order valence-corrected chi connectivity index (χ2v) is 4.20. The van der Waals surface area contributed by atoms with E-state index in [0.717, 1.165) is 22.6 Å². The highest BCUT2D eigenvalue weighted by molar-refractivity contribution is 5.75. The van der Waals surface area contributed by atoms with Crippen molar-refractivity contribution in [2.45, 2.75) is 19.8 Å². The van der Waals surface area contributed by atoms with Crippen LogP contribution >= 0.6 is 0 Å². The Kier molecular flexibility index (Phi) is 6.15. The summed E-state index contributed by atoms with van der Waals surface area (Å²) in [5.41, 5.74) is 2.11. The molecule has 5 heteroatoms. The summed E-state index contributed by atoms with van der Waals surface area (Å²) in [6.45, 7) is 2.37. The number of rotatable bonds is 7. The van der Waals surface area contributed by atoms with Crippen LogP contribution in [-0.4, -0.2) is 38.4 Å². The van der Waals surface area contributed by atoms with Crippen molar-refractivity contribution in [1.29, 1.82) is 0 Å². The molecule has 5 nitrogen and oxygen atoms in total. The van der Waals surface area contributed by atoms with Crippen molar-refractivity contribution in [3.63, 3.8) is 0 Å². The first kappa shape index (κ1) is 15.3. The van der Waals surface area contributed by atoms with E-state index in [-0.39, 0.29) is 18.9 Å². The van der Waals surface area contributed by atoms with Crippen LogP contribution in [0.1, 0.15) is 17.5 Å². The van der Waals surface area contributed by atoms with Gasteiger partial charge < -0.3 is 19.9 Å². The monoisotopic (exact) mass is 267 g/mol. The summed E-state index contributed by atoms with van der Waals surface area (Å²) < 4.78 is 10.5. The van der Waals surface area contributed by atoms with Crippen LogP contribution in [0.3, 0.4) is 0 Å². The molecule has 0 atom stereocenters. The molecule has 0 saturated carbocycles. The molecular formula is C14H21NO4. The molecule has 0 aliphatic rings. The molecule has 0 heterocycles. The van der Waals surface area contributed by atoms with E-state index in [0.29, 0.717) is 13.0 Å². The fraction of sp³-hybridized carbons (Fsp3) is 0.500. The molecule has 0 bridgehead atoms. The Bertz CT molecular complexity index is 432. The molecule has 2 N–H and O–H groups in total. The van der Waals surface area contributed by atoms with Crippen LogP contribution in [0.25, 0.3) is 0 Å².